The van der Waals surface area contributed by atoms with Crippen molar-refractivity contribution in [1.82, 2.24) is 0 Å². The molecule has 1 aliphatic carbocycles. The van der Waals surface area contributed by atoms with Gasteiger partial charge >= 0.3 is 5.97 Å². The molecule has 0 saturated heterocycles. The van der Waals surface area contributed by atoms with Crippen molar-refractivity contribution >= 4 is 11.8 Å². The van der Waals surface area contributed by atoms with E-state index in [1.165, 1.54) is 24.3 Å². The Bertz CT molecular complexity index is 526. The molecule has 0 bridgehead atoms. The summed E-state index contributed by atoms with van der Waals surface area (Å²) in [6.07, 6.45) is 0.958. The molecule has 0 aromatic heterocycles. The summed E-state index contributed by atoms with van der Waals surface area (Å²) in [6.45, 7) is 3.95. The summed E-state index contributed by atoms with van der Waals surface area (Å²) in [5, 5.41) is 0. The lowest BCUT2D eigenvalue weighted by Gasteiger charge is -2.31. The zero-order chi connectivity index (χ0) is 16.1. The lowest BCUT2D eigenvalue weighted by atomic mass is 9.79. The van der Waals surface area contributed by atoms with Crippen molar-refractivity contribution in [3.05, 3.63) is 30.1 Å². The second-order valence-electron chi connectivity index (χ2n) is 5.60. The van der Waals surface area contributed by atoms with Crippen molar-refractivity contribution < 1.29 is 23.5 Å². The highest BCUT2D eigenvalue weighted by atomic mass is 19.1. The number of hydrogen-bond acceptors (Lipinski definition) is 4. The minimum atomic E-state index is -0.582. The molecule has 0 N–H and O–H groups in total. The maximum atomic E-state index is 12.9. The summed E-state index contributed by atoms with van der Waals surface area (Å²) in [5.41, 5.74) is 0. The van der Waals surface area contributed by atoms with Gasteiger partial charge in [0.25, 0.3) is 0 Å². The maximum absolute atomic E-state index is 12.9. The van der Waals surface area contributed by atoms with Gasteiger partial charge < -0.3 is 9.47 Å². The van der Waals surface area contributed by atoms with E-state index in [1.807, 2.05) is 6.92 Å². The van der Waals surface area contributed by atoms with E-state index in [9.17, 15) is 14.0 Å². The first-order valence-electron chi connectivity index (χ1n) is 7.62. The summed E-state index contributed by atoms with van der Waals surface area (Å²) in [6, 6.07) is 5.59. The first kappa shape index (κ1) is 16.5. The molecular formula is C17H21FO4. The Labute approximate surface area is 129 Å². The number of carbonyl (C=O) groups excluding carboxylic acids is 2. The lowest BCUT2D eigenvalue weighted by Crippen LogP contribution is -2.38. The molecule has 0 radical (unpaired) electrons. The summed E-state index contributed by atoms with van der Waals surface area (Å²) in [5.74, 6) is -0.297. The number of halogens is 1. The number of benzene rings is 1. The third kappa shape index (κ3) is 4.06. The van der Waals surface area contributed by atoms with Crippen LogP contribution in [0.15, 0.2) is 24.3 Å². The van der Waals surface area contributed by atoms with Gasteiger partial charge in [0.2, 0.25) is 0 Å². The Morgan fingerprint density at radius 2 is 2.05 bits per heavy atom. The molecule has 5 heteroatoms. The van der Waals surface area contributed by atoms with Crippen molar-refractivity contribution in [2.45, 2.75) is 39.2 Å². The molecule has 2 rings (SSSR count). The zero-order valence-electron chi connectivity index (χ0n) is 12.9. The Kier molecular flexibility index (Phi) is 5.52. The minimum Gasteiger partial charge on any atom is -0.483 e. The van der Waals surface area contributed by atoms with E-state index in [2.05, 4.69) is 0 Å². The summed E-state index contributed by atoms with van der Waals surface area (Å²) >= 11 is 0. The second-order valence-corrected chi connectivity index (χ2v) is 5.60. The molecule has 0 amide bonds. The fourth-order valence-electron chi connectivity index (χ4n) is 2.72. The fourth-order valence-corrected chi connectivity index (χ4v) is 2.72. The second kappa shape index (κ2) is 7.38. The standard InChI is InChI=1S/C17H21FO4/c1-3-21-17(20)11(2)12-4-9-15(19)16(10-12)22-14-7-5-13(18)6-8-14/h5-8,11-12,16H,3-4,9-10H2,1-2H3. The van der Waals surface area contributed by atoms with Gasteiger partial charge in [0.1, 0.15) is 11.6 Å². The van der Waals surface area contributed by atoms with Crippen LogP contribution in [0.5, 0.6) is 5.75 Å². The average molecular weight is 308 g/mol. The number of carbonyl (C=O) groups is 2. The summed E-state index contributed by atoms with van der Waals surface area (Å²) in [4.78, 5) is 23.9. The van der Waals surface area contributed by atoms with Crippen LogP contribution in [0.2, 0.25) is 0 Å². The van der Waals surface area contributed by atoms with Crippen molar-refractivity contribution in [2.75, 3.05) is 6.61 Å². The Morgan fingerprint density at radius 1 is 1.36 bits per heavy atom. The van der Waals surface area contributed by atoms with Gasteiger partial charge in [-0.1, -0.05) is 6.92 Å². The summed E-state index contributed by atoms with van der Waals surface area (Å²) in [7, 11) is 0. The van der Waals surface area contributed by atoms with E-state index < -0.39 is 6.10 Å². The number of ketones is 1. The van der Waals surface area contributed by atoms with E-state index in [-0.39, 0.29) is 29.4 Å². The Hall–Kier alpha value is -1.91. The average Bonchev–Trinajstić information content (AvgIpc) is 2.51. The van der Waals surface area contributed by atoms with Gasteiger partial charge in [0, 0.05) is 6.42 Å². The van der Waals surface area contributed by atoms with Crippen LogP contribution in [0.3, 0.4) is 0 Å². The van der Waals surface area contributed by atoms with Crippen LogP contribution in [0.1, 0.15) is 33.1 Å². The van der Waals surface area contributed by atoms with Crippen LogP contribution >= 0.6 is 0 Å². The molecule has 22 heavy (non-hydrogen) atoms. The van der Waals surface area contributed by atoms with Gasteiger partial charge in [-0.2, -0.15) is 0 Å². The number of Topliss-reactive ketones (excluding diaryl/α,β-unsaturated/α-hetero) is 1. The molecule has 0 aliphatic heterocycles. The predicted molar refractivity (Wildman–Crippen MR) is 79.0 cm³/mol. The molecule has 1 fully saturated rings. The quantitative estimate of drug-likeness (QED) is 0.784. The highest BCUT2D eigenvalue weighted by Gasteiger charge is 2.35. The van der Waals surface area contributed by atoms with Gasteiger partial charge in [-0.3, -0.25) is 9.59 Å². The van der Waals surface area contributed by atoms with Crippen LogP contribution in [-0.4, -0.2) is 24.5 Å². The van der Waals surface area contributed by atoms with Crippen molar-refractivity contribution in [2.24, 2.45) is 11.8 Å². The molecule has 120 valence electrons. The van der Waals surface area contributed by atoms with Crippen LogP contribution in [0, 0.1) is 17.7 Å². The molecule has 0 spiro atoms. The third-order valence-electron chi connectivity index (χ3n) is 4.09. The van der Waals surface area contributed by atoms with E-state index in [0.717, 1.165) is 0 Å². The number of esters is 1. The van der Waals surface area contributed by atoms with E-state index in [0.29, 0.717) is 31.6 Å². The zero-order valence-corrected chi connectivity index (χ0v) is 12.9. The lowest BCUT2D eigenvalue weighted by molar-refractivity contribution is -0.151. The van der Waals surface area contributed by atoms with Crippen molar-refractivity contribution in [1.29, 1.82) is 0 Å². The van der Waals surface area contributed by atoms with E-state index in [4.69, 9.17) is 9.47 Å². The van der Waals surface area contributed by atoms with E-state index in [1.54, 1.807) is 6.92 Å². The van der Waals surface area contributed by atoms with Crippen LogP contribution < -0.4 is 4.74 Å². The van der Waals surface area contributed by atoms with Gasteiger partial charge in [-0.15, -0.1) is 0 Å². The molecule has 3 atom stereocenters. The highest BCUT2D eigenvalue weighted by Crippen LogP contribution is 2.31. The monoisotopic (exact) mass is 308 g/mol. The maximum Gasteiger partial charge on any atom is 0.308 e. The smallest absolute Gasteiger partial charge is 0.308 e. The molecule has 1 aliphatic rings. The van der Waals surface area contributed by atoms with Gasteiger partial charge in [-0.25, -0.2) is 4.39 Å². The molecule has 1 saturated carbocycles. The number of rotatable bonds is 5. The Balaban J connectivity index is 2.00. The van der Waals surface area contributed by atoms with Crippen molar-refractivity contribution in [3.63, 3.8) is 0 Å². The third-order valence-corrected chi connectivity index (χ3v) is 4.09. The van der Waals surface area contributed by atoms with Gasteiger partial charge in [0.05, 0.1) is 12.5 Å². The molecular weight excluding hydrogens is 287 g/mol. The number of hydrogen-bond donors (Lipinski definition) is 0. The minimum absolute atomic E-state index is 0.0247. The van der Waals surface area contributed by atoms with Crippen LogP contribution in [0.4, 0.5) is 4.39 Å². The van der Waals surface area contributed by atoms with Gasteiger partial charge in [0.15, 0.2) is 11.9 Å². The van der Waals surface area contributed by atoms with Gasteiger partial charge in [-0.05, 0) is 49.9 Å². The molecule has 0 heterocycles. The van der Waals surface area contributed by atoms with Crippen LogP contribution in [-0.2, 0) is 14.3 Å². The normalized spacial score (nSPS) is 23.0. The Morgan fingerprint density at radius 3 is 2.68 bits per heavy atom. The first-order valence-corrected chi connectivity index (χ1v) is 7.62. The summed E-state index contributed by atoms with van der Waals surface area (Å²) < 4.78 is 23.6. The molecule has 1 aromatic carbocycles. The molecule has 3 unspecified atom stereocenters. The van der Waals surface area contributed by atoms with E-state index >= 15 is 0 Å². The number of ether oxygens (including phenoxy) is 2. The SMILES string of the molecule is CCOC(=O)C(C)C1CCC(=O)C(Oc2ccc(F)cc2)C1. The molecule has 4 nitrogen and oxygen atoms in total. The fraction of sp³-hybridized carbons (Fsp3) is 0.529. The molecule has 1 aromatic rings. The topological polar surface area (TPSA) is 52.6 Å². The first-order chi connectivity index (χ1) is 10.5. The largest absolute Gasteiger partial charge is 0.483 e. The predicted octanol–water partition coefficient (Wildman–Crippen LogP) is 3.14. The highest BCUT2D eigenvalue weighted by molar-refractivity contribution is 5.84. The van der Waals surface area contributed by atoms with Crippen LogP contribution in [0.25, 0.3) is 0 Å². The van der Waals surface area contributed by atoms with Crippen molar-refractivity contribution in [3.8, 4) is 5.75 Å².